The monoisotopic (exact) mass is 324 g/mol. The van der Waals surface area contributed by atoms with E-state index in [1.807, 2.05) is 18.3 Å². The average Bonchev–Trinajstić information content (AvgIpc) is 3.10. The zero-order chi connectivity index (χ0) is 17.1. The van der Waals surface area contributed by atoms with Crippen LogP contribution < -0.4 is 0 Å². The van der Waals surface area contributed by atoms with Crippen molar-refractivity contribution in [3.8, 4) is 28.3 Å². The molecule has 0 atom stereocenters. The molecule has 2 heterocycles. The van der Waals surface area contributed by atoms with Crippen molar-refractivity contribution >= 4 is 0 Å². The summed E-state index contributed by atoms with van der Waals surface area (Å²) < 4.78 is 2.28. The minimum Gasteiger partial charge on any atom is -0.294 e. The molecule has 0 bridgehead atoms. The minimum atomic E-state index is 0.944. The van der Waals surface area contributed by atoms with Gasteiger partial charge in [0, 0.05) is 6.20 Å². The molecule has 0 aliphatic heterocycles. The number of benzene rings is 2. The van der Waals surface area contributed by atoms with Crippen LogP contribution in [0.5, 0.6) is 0 Å². The molecule has 0 saturated carbocycles. The first-order valence-corrected chi connectivity index (χ1v) is 8.65. The van der Waals surface area contributed by atoms with E-state index < -0.39 is 0 Å². The molecule has 0 saturated heterocycles. The third-order valence-corrected chi connectivity index (χ3v) is 4.46. The van der Waals surface area contributed by atoms with Crippen LogP contribution in [0.25, 0.3) is 28.3 Å². The molecule has 0 fully saturated rings. The predicted octanol–water partition coefficient (Wildman–Crippen LogP) is 5.77. The van der Waals surface area contributed by atoms with Crippen LogP contribution >= 0.6 is 0 Å². The van der Waals surface area contributed by atoms with Crippen LogP contribution in [0.3, 0.4) is 0 Å². The van der Waals surface area contributed by atoms with Gasteiger partial charge in [0.05, 0.1) is 11.4 Å². The fourth-order valence-electron chi connectivity index (χ4n) is 3.29. The summed E-state index contributed by atoms with van der Waals surface area (Å²) in [5, 5.41) is 0. The summed E-state index contributed by atoms with van der Waals surface area (Å²) in [5.74, 6) is 0.944. The molecule has 0 unspecified atom stereocenters. The Morgan fingerprint density at radius 2 is 1.40 bits per heavy atom. The summed E-state index contributed by atoms with van der Waals surface area (Å²) in [7, 11) is 0. The topological polar surface area (TPSA) is 17.8 Å². The van der Waals surface area contributed by atoms with Gasteiger partial charge in [-0.3, -0.25) is 4.57 Å². The molecule has 0 aliphatic rings. The lowest BCUT2D eigenvalue weighted by Gasteiger charge is -2.14. The fourth-order valence-corrected chi connectivity index (χ4v) is 3.29. The summed E-state index contributed by atoms with van der Waals surface area (Å²) in [6.45, 7) is 2.21. The number of hydrogen-bond acceptors (Lipinski definition) is 1. The highest BCUT2D eigenvalue weighted by atomic mass is 15.1. The Morgan fingerprint density at radius 1 is 0.760 bits per heavy atom. The number of aryl methyl sites for hydroxylation is 1. The Kier molecular flexibility index (Phi) is 4.17. The van der Waals surface area contributed by atoms with Crippen LogP contribution in [0.15, 0.2) is 91.1 Å². The van der Waals surface area contributed by atoms with E-state index in [0.29, 0.717) is 0 Å². The van der Waals surface area contributed by atoms with E-state index in [-0.39, 0.29) is 0 Å². The molecule has 0 amide bonds. The molecule has 2 heteroatoms. The van der Waals surface area contributed by atoms with Crippen LogP contribution in [0.1, 0.15) is 12.5 Å². The summed E-state index contributed by atoms with van der Waals surface area (Å²) in [5.41, 5.74) is 6.14. The van der Waals surface area contributed by atoms with Gasteiger partial charge in [-0.2, -0.15) is 0 Å². The van der Waals surface area contributed by atoms with Crippen molar-refractivity contribution in [1.82, 2.24) is 9.55 Å². The Balaban J connectivity index is 2.05. The van der Waals surface area contributed by atoms with Crippen molar-refractivity contribution < 1.29 is 0 Å². The van der Waals surface area contributed by atoms with E-state index in [9.17, 15) is 0 Å². The van der Waals surface area contributed by atoms with Gasteiger partial charge >= 0.3 is 0 Å². The maximum atomic E-state index is 4.63. The van der Waals surface area contributed by atoms with Gasteiger partial charge in [0.2, 0.25) is 0 Å². The number of nitrogens with zero attached hydrogens (tertiary/aromatic N) is 2. The molecule has 0 aliphatic carbocycles. The van der Waals surface area contributed by atoms with Gasteiger partial charge in [0.1, 0.15) is 5.82 Å². The van der Waals surface area contributed by atoms with Gasteiger partial charge in [-0.25, -0.2) is 4.98 Å². The molecule has 0 N–H and O–H groups in total. The lowest BCUT2D eigenvalue weighted by molar-refractivity contribution is 1.01. The van der Waals surface area contributed by atoms with Crippen molar-refractivity contribution in [2.75, 3.05) is 0 Å². The van der Waals surface area contributed by atoms with E-state index >= 15 is 0 Å². The first-order chi connectivity index (χ1) is 12.4. The SMILES string of the molecule is CCc1cc(-c2ccccc2)n(-c2ccccn2)c1-c1ccccc1. The molecule has 2 aromatic heterocycles. The second-order valence-electron chi connectivity index (χ2n) is 6.01. The Morgan fingerprint density at radius 3 is 2.00 bits per heavy atom. The zero-order valence-electron chi connectivity index (χ0n) is 14.3. The normalized spacial score (nSPS) is 10.8. The van der Waals surface area contributed by atoms with Crippen molar-refractivity contribution in [3.05, 3.63) is 96.7 Å². The molecule has 0 spiro atoms. The molecule has 0 radical (unpaired) electrons. The van der Waals surface area contributed by atoms with Crippen LogP contribution in [0.2, 0.25) is 0 Å². The van der Waals surface area contributed by atoms with Gasteiger partial charge in [-0.1, -0.05) is 73.7 Å². The zero-order valence-corrected chi connectivity index (χ0v) is 14.3. The van der Waals surface area contributed by atoms with E-state index in [4.69, 9.17) is 0 Å². The second-order valence-corrected chi connectivity index (χ2v) is 6.01. The molecule has 122 valence electrons. The molecular formula is C23H20N2. The van der Waals surface area contributed by atoms with Crippen LogP contribution in [0.4, 0.5) is 0 Å². The second kappa shape index (κ2) is 6.78. The first kappa shape index (κ1) is 15.4. The number of rotatable bonds is 4. The lowest BCUT2D eigenvalue weighted by Crippen LogP contribution is -2.02. The van der Waals surface area contributed by atoms with Crippen LogP contribution in [-0.2, 0) is 6.42 Å². The highest BCUT2D eigenvalue weighted by Gasteiger charge is 2.18. The summed E-state index contributed by atoms with van der Waals surface area (Å²) in [6, 6.07) is 29.5. The highest BCUT2D eigenvalue weighted by molar-refractivity contribution is 5.75. The van der Waals surface area contributed by atoms with Gasteiger partial charge < -0.3 is 0 Å². The van der Waals surface area contributed by atoms with E-state index in [0.717, 1.165) is 12.2 Å². The summed E-state index contributed by atoms with van der Waals surface area (Å²) in [4.78, 5) is 4.63. The van der Waals surface area contributed by atoms with Gasteiger partial charge in [-0.15, -0.1) is 0 Å². The summed E-state index contributed by atoms with van der Waals surface area (Å²) in [6.07, 6.45) is 2.83. The Hall–Kier alpha value is -3.13. The number of hydrogen-bond donors (Lipinski definition) is 0. The molecule has 4 aromatic rings. The maximum absolute atomic E-state index is 4.63. The van der Waals surface area contributed by atoms with Crippen molar-refractivity contribution in [1.29, 1.82) is 0 Å². The first-order valence-electron chi connectivity index (χ1n) is 8.65. The van der Waals surface area contributed by atoms with E-state index in [1.54, 1.807) is 0 Å². The Bertz CT molecular complexity index is 955. The average molecular weight is 324 g/mol. The highest BCUT2D eigenvalue weighted by Crippen LogP contribution is 2.35. The third kappa shape index (κ3) is 2.87. The minimum absolute atomic E-state index is 0.944. The number of aromatic nitrogens is 2. The standard InChI is InChI=1S/C23H20N2/c1-2-18-17-21(19-11-5-3-6-12-19)25(22-15-9-10-16-24-22)23(18)20-13-7-4-8-14-20/h3-17H,2H2,1H3. The smallest absolute Gasteiger partial charge is 0.137 e. The molecule has 2 nitrogen and oxygen atoms in total. The van der Waals surface area contributed by atoms with Crippen molar-refractivity contribution in [3.63, 3.8) is 0 Å². The molecule has 2 aromatic carbocycles. The largest absolute Gasteiger partial charge is 0.294 e. The fraction of sp³-hybridized carbons (Fsp3) is 0.0870. The van der Waals surface area contributed by atoms with Crippen molar-refractivity contribution in [2.45, 2.75) is 13.3 Å². The van der Waals surface area contributed by atoms with Gasteiger partial charge in [0.15, 0.2) is 0 Å². The number of pyridine rings is 1. The lowest BCUT2D eigenvalue weighted by atomic mass is 10.1. The van der Waals surface area contributed by atoms with E-state index in [1.165, 1.54) is 28.1 Å². The van der Waals surface area contributed by atoms with Crippen LogP contribution in [-0.4, -0.2) is 9.55 Å². The molecular weight excluding hydrogens is 304 g/mol. The predicted molar refractivity (Wildman–Crippen MR) is 104 cm³/mol. The quantitative estimate of drug-likeness (QED) is 0.466. The maximum Gasteiger partial charge on any atom is 0.137 e. The molecule has 25 heavy (non-hydrogen) atoms. The summed E-state index contributed by atoms with van der Waals surface area (Å²) >= 11 is 0. The van der Waals surface area contributed by atoms with E-state index in [2.05, 4.69) is 89.3 Å². The van der Waals surface area contributed by atoms with Gasteiger partial charge in [-0.05, 0) is 41.3 Å². The Labute approximate surface area is 148 Å². The third-order valence-electron chi connectivity index (χ3n) is 4.46. The van der Waals surface area contributed by atoms with Crippen LogP contribution in [0, 0.1) is 0 Å². The molecule has 4 rings (SSSR count). The van der Waals surface area contributed by atoms with Crippen molar-refractivity contribution in [2.24, 2.45) is 0 Å². The van der Waals surface area contributed by atoms with Gasteiger partial charge in [0.25, 0.3) is 0 Å².